The molecule has 7 nitrogen and oxygen atoms in total. The maximum Gasteiger partial charge on any atom is 0.278 e. The van der Waals surface area contributed by atoms with Gasteiger partial charge in [-0.15, -0.1) is 0 Å². The number of hydrogen-bond donors (Lipinski definition) is 2. The molecule has 1 aromatic carbocycles. The fraction of sp³-hybridized carbons (Fsp3) is 0.231. The van der Waals surface area contributed by atoms with Crippen LogP contribution in [0.5, 0.6) is 0 Å². The lowest BCUT2D eigenvalue weighted by Crippen LogP contribution is -2.23. The number of rotatable bonds is 5. The molecule has 2 rings (SSSR count). The number of amides is 1. The van der Waals surface area contributed by atoms with E-state index >= 15 is 0 Å². The molecule has 0 radical (unpaired) electrons. The summed E-state index contributed by atoms with van der Waals surface area (Å²) in [7, 11) is -0.283. The zero-order valence-corrected chi connectivity index (χ0v) is 12.5. The predicted octanol–water partition coefficient (Wildman–Crippen LogP) is 0.841. The highest BCUT2D eigenvalue weighted by atomic mass is 32.2. The summed E-state index contributed by atoms with van der Waals surface area (Å²) in [5.41, 5.74) is 1.24. The van der Waals surface area contributed by atoms with Crippen molar-refractivity contribution in [2.24, 2.45) is 0 Å². The summed E-state index contributed by atoms with van der Waals surface area (Å²) in [5.74, 6) is -0.0132. The van der Waals surface area contributed by atoms with Gasteiger partial charge < -0.3 is 9.88 Å². The number of hydrogen-bond acceptors (Lipinski definition) is 4. The number of imidazole rings is 1. The maximum atomic E-state index is 12.0. The Morgan fingerprint density at radius 1 is 1.29 bits per heavy atom. The number of nitrogens with one attached hydrogen (secondary N) is 2. The molecule has 0 atom stereocenters. The molecule has 0 aliphatic carbocycles. The summed E-state index contributed by atoms with van der Waals surface area (Å²) in [4.78, 5) is 19.3. The van der Waals surface area contributed by atoms with Gasteiger partial charge in [0.05, 0.1) is 18.9 Å². The van der Waals surface area contributed by atoms with Crippen LogP contribution in [-0.2, 0) is 21.2 Å². The van der Waals surface area contributed by atoms with E-state index in [9.17, 15) is 13.2 Å². The lowest BCUT2D eigenvalue weighted by atomic mass is 10.1. The minimum absolute atomic E-state index is 0.00522. The number of carbonyl (C=O) groups excluding carboxylic acids is 1. The Hall–Kier alpha value is -2.35. The average Bonchev–Trinajstić information content (AvgIpc) is 2.95. The molecule has 112 valence electrons. The van der Waals surface area contributed by atoms with Gasteiger partial charge in [-0.1, -0.05) is 12.1 Å². The SMILES string of the molecule is CN(C)C(=O)Cc1ccc(NS(=O)(=O)c2cnc[nH]2)cc1. The van der Waals surface area contributed by atoms with E-state index in [4.69, 9.17) is 0 Å². The van der Waals surface area contributed by atoms with Crippen LogP contribution < -0.4 is 4.72 Å². The van der Waals surface area contributed by atoms with Gasteiger partial charge in [0.15, 0.2) is 5.03 Å². The molecule has 0 saturated carbocycles. The molecule has 0 aliphatic rings. The van der Waals surface area contributed by atoms with Gasteiger partial charge in [-0.25, -0.2) is 4.98 Å². The Labute approximate surface area is 123 Å². The smallest absolute Gasteiger partial charge is 0.278 e. The Balaban J connectivity index is 2.08. The molecule has 1 aromatic heterocycles. The number of likely N-dealkylation sites (N-methyl/N-ethyl adjacent to an activating group) is 1. The Kier molecular flexibility index (Phi) is 4.27. The first-order chi connectivity index (χ1) is 9.88. The van der Waals surface area contributed by atoms with Gasteiger partial charge in [0.1, 0.15) is 0 Å². The van der Waals surface area contributed by atoms with Crippen molar-refractivity contribution in [1.82, 2.24) is 14.9 Å². The van der Waals surface area contributed by atoms with Gasteiger partial charge in [-0.05, 0) is 17.7 Å². The average molecular weight is 308 g/mol. The van der Waals surface area contributed by atoms with Crippen LogP contribution in [0, 0.1) is 0 Å². The highest BCUT2D eigenvalue weighted by Crippen LogP contribution is 2.15. The van der Waals surface area contributed by atoms with Crippen LogP contribution in [0.2, 0.25) is 0 Å². The standard InChI is InChI=1S/C13H16N4O3S/c1-17(2)13(18)7-10-3-5-11(6-4-10)16-21(19,20)12-8-14-9-15-12/h3-6,8-9,16H,7H2,1-2H3,(H,14,15). The minimum atomic E-state index is -3.66. The van der Waals surface area contributed by atoms with Crippen LogP contribution in [-0.4, -0.2) is 43.3 Å². The van der Waals surface area contributed by atoms with E-state index in [1.165, 1.54) is 17.4 Å². The van der Waals surface area contributed by atoms with Crippen LogP contribution in [0.1, 0.15) is 5.56 Å². The molecule has 0 aliphatic heterocycles. The topological polar surface area (TPSA) is 95.2 Å². The molecular weight excluding hydrogens is 292 g/mol. The molecule has 0 fully saturated rings. The van der Waals surface area contributed by atoms with Crippen LogP contribution in [0.15, 0.2) is 41.8 Å². The number of benzene rings is 1. The third kappa shape index (κ3) is 3.82. The Morgan fingerprint density at radius 3 is 2.48 bits per heavy atom. The largest absolute Gasteiger partial charge is 0.349 e. The van der Waals surface area contributed by atoms with Crippen molar-refractivity contribution in [3.05, 3.63) is 42.4 Å². The molecule has 0 spiro atoms. The molecule has 2 N–H and O–H groups in total. The highest BCUT2D eigenvalue weighted by molar-refractivity contribution is 7.92. The van der Waals surface area contributed by atoms with Gasteiger partial charge in [0.2, 0.25) is 5.91 Å². The number of nitrogens with zero attached hydrogens (tertiary/aromatic N) is 2. The van der Waals surface area contributed by atoms with Gasteiger partial charge in [0.25, 0.3) is 10.0 Å². The molecule has 0 unspecified atom stereocenters. The van der Waals surface area contributed by atoms with E-state index in [0.29, 0.717) is 5.69 Å². The van der Waals surface area contributed by atoms with Crippen molar-refractivity contribution >= 4 is 21.6 Å². The van der Waals surface area contributed by atoms with E-state index in [1.807, 2.05) is 0 Å². The van der Waals surface area contributed by atoms with Crippen molar-refractivity contribution in [1.29, 1.82) is 0 Å². The van der Waals surface area contributed by atoms with Crippen molar-refractivity contribution in [2.45, 2.75) is 11.4 Å². The zero-order valence-electron chi connectivity index (χ0n) is 11.7. The van der Waals surface area contributed by atoms with E-state index in [0.717, 1.165) is 5.56 Å². The molecule has 1 amide bonds. The quantitative estimate of drug-likeness (QED) is 0.855. The van der Waals surface area contributed by atoms with Crippen LogP contribution in [0.25, 0.3) is 0 Å². The van der Waals surface area contributed by atoms with Crippen molar-refractivity contribution in [3.8, 4) is 0 Å². The van der Waals surface area contributed by atoms with E-state index in [2.05, 4.69) is 14.7 Å². The molecule has 1 heterocycles. The number of H-pyrrole nitrogens is 1. The second kappa shape index (κ2) is 5.96. The molecule has 0 saturated heterocycles. The summed E-state index contributed by atoms with van der Waals surface area (Å²) in [6.45, 7) is 0. The van der Waals surface area contributed by atoms with Gasteiger partial charge in [-0.3, -0.25) is 9.52 Å². The molecule has 0 bridgehead atoms. The van der Waals surface area contributed by atoms with Crippen LogP contribution in [0.4, 0.5) is 5.69 Å². The van der Waals surface area contributed by atoms with E-state index in [1.54, 1.807) is 38.4 Å². The fourth-order valence-corrected chi connectivity index (χ4v) is 2.59. The molecular formula is C13H16N4O3S. The third-order valence-electron chi connectivity index (χ3n) is 2.82. The first-order valence-corrected chi connectivity index (χ1v) is 7.67. The van der Waals surface area contributed by atoms with E-state index in [-0.39, 0.29) is 17.4 Å². The Morgan fingerprint density at radius 2 is 1.95 bits per heavy atom. The number of aromatic amines is 1. The third-order valence-corrected chi connectivity index (χ3v) is 4.13. The number of sulfonamides is 1. The fourth-order valence-electron chi connectivity index (χ4n) is 1.62. The summed E-state index contributed by atoms with van der Waals surface area (Å²) in [6.07, 6.45) is 2.80. The van der Waals surface area contributed by atoms with Crippen LogP contribution in [0.3, 0.4) is 0 Å². The highest BCUT2D eigenvalue weighted by Gasteiger charge is 2.15. The summed E-state index contributed by atoms with van der Waals surface area (Å²) >= 11 is 0. The minimum Gasteiger partial charge on any atom is -0.349 e. The van der Waals surface area contributed by atoms with Gasteiger partial charge in [-0.2, -0.15) is 8.42 Å². The van der Waals surface area contributed by atoms with Crippen LogP contribution >= 0.6 is 0 Å². The van der Waals surface area contributed by atoms with Gasteiger partial charge >= 0.3 is 0 Å². The normalized spacial score (nSPS) is 11.1. The molecule has 8 heteroatoms. The van der Waals surface area contributed by atoms with Crippen molar-refractivity contribution in [3.63, 3.8) is 0 Å². The van der Waals surface area contributed by atoms with E-state index < -0.39 is 10.0 Å². The van der Waals surface area contributed by atoms with Crippen molar-refractivity contribution in [2.75, 3.05) is 18.8 Å². The number of carbonyl (C=O) groups is 1. The Bertz CT molecular complexity index is 706. The first kappa shape index (κ1) is 15.0. The summed E-state index contributed by atoms with van der Waals surface area (Å²) in [5, 5.41) is -0.00522. The molecule has 21 heavy (non-hydrogen) atoms. The second-order valence-corrected chi connectivity index (χ2v) is 6.33. The second-order valence-electron chi connectivity index (χ2n) is 4.68. The lowest BCUT2D eigenvalue weighted by molar-refractivity contribution is -0.127. The molecule has 2 aromatic rings. The predicted molar refractivity (Wildman–Crippen MR) is 78.2 cm³/mol. The monoisotopic (exact) mass is 308 g/mol. The van der Waals surface area contributed by atoms with Crippen molar-refractivity contribution < 1.29 is 13.2 Å². The summed E-state index contributed by atoms with van der Waals surface area (Å²) < 4.78 is 26.4. The number of anilines is 1. The lowest BCUT2D eigenvalue weighted by Gasteiger charge is -2.11. The maximum absolute atomic E-state index is 12.0. The summed E-state index contributed by atoms with van der Waals surface area (Å²) in [6, 6.07) is 6.66. The zero-order chi connectivity index (χ0) is 15.5. The first-order valence-electron chi connectivity index (χ1n) is 6.19. The van der Waals surface area contributed by atoms with Gasteiger partial charge in [0, 0.05) is 19.8 Å². The number of aromatic nitrogens is 2.